The fourth-order valence-corrected chi connectivity index (χ4v) is 3.95. The third kappa shape index (κ3) is 5.13. The molecule has 11 heteroatoms. The summed E-state index contributed by atoms with van der Waals surface area (Å²) in [4.78, 5) is 14.0. The van der Waals surface area contributed by atoms with E-state index in [9.17, 15) is 10.2 Å². The zero-order valence-corrected chi connectivity index (χ0v) is 18.7. The van der Waals surface area contributed by atoms with E-state index in [4.69, 9.17) is 9.47 Å². The fourth-order valence-electron chi connectivity index (χ4n) is 2.64. The Morgan fingerprint density at radius 2 is 1.59 bits per heavy atom. The van der Waals surface area contributed by atoms with E-state index in [2.05, 4.69) is 25.0 Å². The quantitative estimate of drug-likeness (QED) is 0.209. The highest BCUT2D eigenvalue weighted by Gasteiger charge is 2.09. The van der Waals surface area contributed by atoms with E-state index in [1.807, 2.05) is 29.6 Å². The number of nitrogens with one attached hydrogen (secondary N) is 2. The molecule has 4 N–H and O–H groups in total. The largest absolute Gasteiger partial charge is 0.504 e. The molecule has 0 amide bonds. The highest BCUT2D eigenvalue weighted by atomic mass is 32.2. The van der Waals surface area contributed by atoms with Crippen molar-refractivity contribution < 1.29 is 19.7 Å². The summed E-state index contributed by atoms with van der Waals surface area (Å²) in [5.41, 5.74) is 2.31. The van der Waals surface area contributed by atoms with Crippen LogP contribution in [0.15, 0.2) is 58.8 Å². The first-order chi connectivity index (χ1) is 15.5. The van der Waals surface area contributed by atoms with Crippen LogP contribution in [-0.2, 0) is 0 Å². The van der Waals surface area contributed by atoms with Gasteiger partial charge in [-0.3, -0.25) is 4.72 Å². The first kappa shape index (κ1) is 21.5. The van der Waals surface area contributed by atoms with E-state index in [1.165, 1.54) is 49.6 Å². The maximum Gasteiger partial charge on any atom is 0.239 e. The number of hydrogen-bond acceptors (Lipinski definition) is 11. The second-order valence-corrected chi connectivity index (χ2v) is 8.11. The van der Waals surface area contributed by atoms with Gasteiger partial charge in [0.25, 0.3) is 0 Å². The predicted molar refractivity (Wildman–Crippen MR) is 125 cm³/mol. The molecule has 2 aromatic heterocycles. The number of phenols is 2. The van der Waals surface area contributed by atoms with Crippen molar-refractivity contribution in [3.8, 4) is 34.5 Å². The molecule has 0 spiro atoms. The molecule has 0 fully saturated rings. The van der Waals surface area contributed by atoms with Gasteiger partial charge in [-0.15, -0.1) is 11.3 Å². The lowest BCUT2D eigenvalue weighted by molar-refractivity contribution is 0.373. The zero-order chi connectivity index (χ0) is 22.5. The van der Waals surface area contributed by atoms with Crippen LogP contribution in [0.3, 0.4) is 0 Å². The maximum absolute atomic E-state index is 9.68. The van der Waals surface area contributed by atoms with Crippen LogP contribution in [0.2, 0.25) is 0 Å². The summed E-state index contributed by atoms with van der Waals surface area (Å²) in [6.45, 7) is 0. The fraction of sp³-hybridized carbons (Fsp3) is 0.0952. The van der Waals surface area contributed by atoms with Gasteiger partial charge in [0.05, 0.1) is 26.0 Å². The van der Waals surface area contributed by atoms with Crippen molar-refractivity contribution in [3.05, 3.63) is 53.9 Å². The van der Waals surface area contributed by atoms with Gasteiger partial charge >= 0.3 is 0 Å². The average Bonchev–Trinajstić information content (AvgIpc) is 3.28. The Morgan fingerprint density at radius 3 is 2.25 bits per heavy atom. The minimum Gasteiger partial charge on any atom is -0.504 e. The zero-order valence-electron chi connectivity index (χ0n) is 17.1. The van der Waals surface area contributed by atoms with Gasteiger partial charge < -0.3 is 25.0 Å². The lowest BCUT2D eigenvalue weighted by Crippen LogP contribution is -1.99. The standard InChI is InChI=1S/C21H19N5O4S2/c1-29-18-10-19(30-2)25-20(24-18)26-32-14-6-4-13(5-7-14)22-21-23-15(11-31-21)12-3-8-16(27)17(28)9-12/h3-11,27-28H,1-2H3,(H,22,23)(H,24,25,26). The van der Waals surface area contributed by atoms with Gasteiger partial charge in [0, 0.05) is 21.5 Å². The number of ether oxygens (including phenoxy) is 2. The molecule has 4 rings (SSSR count). The van der Waals surface area contributed by atoms with Crippen LogP contribution in [0, 0.1) is 0 Å². The molecule has 164 valence electrons. The summed E-state index contributed by atoms with van der Waals surface area (Å²) >= 11 is 2.80. The molecule has 0 saturated carbocycles. The maximum atomic E-state index is 9.68. The van der Waals surface area contributed by atoms with Gasteiger partial charge in [-0.05, 0) is 54.4 Å². The molecular formula is C21H19N5O4S2. The molecule has 0 aliphatic heterocycles. The Hall–Kier alpha value is -3.70. The third-order valence-electron chi connectivity index (χ3n) is 4.24. The van der Waals surface area contributed by atoms with Crippen molar-refractivity contribution in [2.24, 2.45) is 0 Å². The van der Waals surface area contributed by atoms with Crippen LogP contribution < -0.4 is 19.5 Å². The van der Waals surface area contributed by atoms with E-state index in [0.717, 1.165) is 16.1 Å². The molecule has 32 heavy (non-hydrogen) atoms. The summed E-state index contributed by atoms with van der Waals surface area (Å²) in [6, 6.07) is 14.0. The van der Waals surface area contributed by atoms with Crippen molar-refractivity contribution in [1.29, 1.82) is 0 Å². The molecule has 9 nitrogen and oxygen atoms in total. The van der Waals surface area contributed by atoms with E-state index >= 15 is 0 Å². The van der Waals surface area contributed by atoms with Crippen molar-refractivity contribution in [1.82, 2.24) is 15.0 Å². The first-order valence-electron chi connectivity index (χ1n) is 9.29. The lowest BCUT2D eigenvalue weighted by atomic mass is 10.1. The average molecular weight is 470 g/mol. The Bertz CT molecular complexity index is 1200. The number of aromatic hydroxyl groups is 2. The van der Waals surface area contributed by atoms with Crippen LogP contribution in [0.25, 0.3) is 11.3 Å². The topological polar surface area (TPSA) is 122 Å². The number of rotatable bonds is 8. The van der Waals surface area contributed by atoms with Crippen molar-refractivity contribution in [3.63, 3.8) is 0 Å². The van der Waals surface area contributed by atoms with Gasteiger partial charge in [-0.2, -0.15) is 9.97 Å². The summed E-state index contributed by atoms with van der Waals surface area (Å²) in [5.74, 6) is 0.857. The summed E-state index contributed by atoms with van der Waals surface area (Å²) in [5, 5.41) is 25.0. The Kier molecular flexibility index (Phi) is 6.47. The van der Waals surface area contributed by atoms with Crippen LogP contribution >= 0.6 is 23.3 Å². The van der Waals surface area contributed by atoms with E-state index < -0.39 is 0 Å². The molecule has 0 aliphatic rings. The smallest absolute Gasteiger partial charge is 0.239 e. The molecular weight excluding hydrogens is 450 g/mol. The predicted octanol–water partition coefficient (Wildman–Crippen LogP) is 4.89. The second kappa shape index (κ2) is 9.62. The SMILES string of the molecule is COc1cc(OC)nc(NSc2ccc(Nc3nc(-c4ccc(O)c(O)c4)cs3)cc2)n1. The van der Waals surface area contributed by atoms with Gasteiger partial charge in [-0.25, -0.2) is 4.98 Å². The van der Waals surface area contributed by atoms with Crippen LogP contribution in [0.5, 0.6) is 23.3 Å². The van der Waals surface area contributed by atoms with Crippen LogP contribution in [0.4, 0.5) is 16.8 Å². The lowest BCUT2D eigenvalue weighted by Gasteiger charge is -2.08. The Labute approximate surface area is 192 Å². The minimum absolute atomic E-state index is 0.160. The van der Waals surface area contributed by atoms with Gasteiger partial charge in [0.15, 0.2) is 16.6 Å². The monoisotopic (exact) mass is 469 g/mol. The number of thiazole rings is 1. The molecule has 0 unspecified atom stereocenters. The molecule has 0 bridgehead atoms. The molecule has 0 radical (unpaired) electrons. The number of aromatic nitrogens is 3. The minimum atomic E-state index is -0.176. The van der Waals surface area contributed by atoms with E-state index in [-0.39, 0.29) is 11.5 Å². The van der Waals surface area contributed by atoms with Gasteiger partial charge in [-0.1, -0.05) is 0 Å². The van der Waals surface area contributed by atoms with Crippen molar-refractivity contribution in [2.75, 3.05) is 24.3 Å². The van der Waals surface area contributed by atoms with Gasteiger partial charge in [0.2, 0.25) is 17.7 Å². The molecule has 2 aromatic carbocycles. The van der Waals surface area contributed by atoms with Crippen molar-refractivity contribution >= 4 is 40.1 Å². The van der Waals surface area contributed by atoms with Crippen LogP contribution in [0.1, 0.15) is 0 Å². The van der Waals surface area contributed by atoms with Gasteiger partial charge in [0.1, 0.15) is 0 Å². The number of anilines is 3. The number of benzene rings is 2. The Morgan fingerprint density at radius 1 is 0.875 bits per heavy atom. The molecule has 4 aromatic rings. The summed E-state index contributed by atoms with van der Waals surface area (Å²) < 4.78 is 13.4. The molecule has 0 atom stereocenters. The summed E-state index contributed by atoms with van der Waals surface area (Å²) in [6.07, 6.45) is 0. The van der Waals surface area contributed by atoms with E-state index in [1.54, 1.807) is 12.1 Å². The highest BCUT2D eigenvalue weighted by Crippen LogP contribution is 2.33. The number of hydrogen-bond donors (Lipinski definition) is 4. The number of nitrogens with zero attached hydrogens (tertiary/aromatic N) is 3. The summed E-state index contributed by atoms with van der Waals surface area (Å²) in [7, 11) is 3.06. The highest BCUT2D eigenvalue weighted by molar-refractivity contribution is 8.00. The number of phenolic OH excluding ortho intramolecular Hbond substituents is 2. The third-order valence-corrected chi connectivity index (χ3v) is 5.79. The Balaban J connectivity index is 1.38. The number of methoxy groups -OCH3 is 2. The molecule has 2 heterocycles. The molecule has 0 saturated heterocycles. The second-order valence-electron chi connectivity index (χ2n) is 6.37. The molecule has 0 aliphatic carbocycles. The van der Waals surface area contributed by atoms with E-state index in [0.29, 0.717) is 28.5 Å². The van der Waals surface area contributed by atoms with Crippen LogP contribution in [-0.4, -0.2) is 39.4 Å². The van der Waals surface area contributed by atoms with Crippen molar-refractivity contribution in [2.45, 2.75) is 4.90 Å². The normalized spacial score (nSPS) is 10.6. The first-order valence-corrected chi connectivity index (χ1v) is 11.0.